The Labute approximate surface area is 127 Å². The topological polar surface area (TPSA) is 88.0 Å². The fourth-order valence-corrected chi connectivity index (χ4v) is 3.02. The molecule has 0 aromatic heterocycles. The molecule has 3 N–H and O–H groups in total. The van der Waals surface area contributed by atoms with Gasteiger partial charge in [-0.3, -0.25) is 0 Å². The summed E-state index contributed by atoms with van der Waals surface area (Å²) in [6.07, 6.45) is 1.77. The zero-order valence-electron chi connectivity index (χ0n) is 13.4. The van der Waals surface area contributed by atoms with E-state index in [1.54, 1.807) is 0 Å². The van der Waals surface area contributed by atoms with Crippen LogP contribution in [0.4, 0.5) is 4.79 Å². The average molecular weight is 319 g/mol. The maximum Gasteiger partial charge on any atom is 0.404 e. The predicted octanol–water partition coefficient (Wildman–Crippen LogP) is 2.26. The van der Waals surface area contributed by atoms with Crippen molar-refractivity contribution in [3.05, 3.63) is 0 Å². The Morgan fingerprint density at radius 2 is 2.00 bits per heavy atom. The molecule has 1 fully saturated rings. The minimum absolute atomic E-state index is 0.167. The van der Waals surface area contributed by atoms with Crippen molar-refractivity contribution in [3.8, 4) is 0 Å². The molecule has 1 saturated carbocycles. The van der Waals surface area contributed by atoms with E-state index < -0.39 is 25.8 Å². The van der Waals surface area contributed by atoms with Gasteiger partial charge in [0.05, 0.1) is 18.2 Å². The Balaban J connectivity index is 2.19. The van der Waals surface area contributed by atoms with Gasteiger partial charge in [-0.1, -0.05) is 19.6 Å². The van der Waals surface area contributed by atoms with Gasteiger partial charge in [0.15, 0.2) is 0 Å². The maximum absolute atomic E-state index is 10.8. The molecule has 0 heterocycles. The number of rotatable bonds is 10. The van der Waals surface area contributed by atoms with Gasteiger partial charge in [-0.25, -0.2) is 4.79 Å². The van der Waals surface area contributed by atoms with Crippen LogP contribution in [0.15, 0.2) is 0 Å². The zero-order valence-corrected chi connectivity index (χ0v) is 14.4. The van der Waals surface area contributed by atoms with Gasteiger partial charge >= 0.3 is 6.09 Å². The molecule has 0 unspecified atom stereocenters. The summed E-state index contributed by atoms with van der Waals surface area (Å²) in [5, 5.41) is 21.3. The average Bonchev–Trinajstić information content (AvgIpc) is 2.29. The second-order valence-electron chi connectivity index (χ2n) is 7.14. The predicted molar refractivity (Wildman–Crippen MR) is 83.3 cm³/mol. The lowest BCUT2D eigenvalue weighted by molar-refractivity contribution is -0.0788. The largest absolute Gasteiger partial charge is 0.465 e. The SMILES string of the molecule is C[Si](C)(C)CCOCOC[C@@H](CC1(O)CCC1)NC(=O)O. The Kier molecular flexibility index (Phi) is 7.12. The van der Waals surface area contributed by atoms with Gasteiger partial charge in [0.25, 0.3) is 0 Å². The molecule has 1 aliphatic carbocycles. The first kappa shape index (κ1) is 18.4. The van der Waals surface area contributed by atoms with Gasteiger partial charge in [0.2, 0.25) is 0 Å². The Hall–Kier alpha value is -0.633. The monoisotopic (exact) mass is 319 g/mol. The molecular formula is C14H29NO5Si. The van der Waals surface area contributed by atoms with Crippen molar-refractivity contribution >= 4 is 14.2 Å². The van der Waals surface area contributed by atoms with Gasteiger partial charge in [0, 0.05) is 14.7 Å². The van der Waals surface area contributed by atoms with Gasteiger partial charge < -0.3 is 25.0 Å². The summed E-state index contributed by atoms with van der Waals surface area (Å²) in [4.78, 5) is 10.8. The molecule has 0 aliphatic heterocycles. The number of hydrogen-bond donors (Lipinski definition) is 3. The molecule has 1 atom stereocenters. The molecule has 0 spiro atoms. The van der Waals surface area contributed by atoms with Gasteiger partial charge in [-0.15, -0.1) is 0 Å². The molecule has 21 heavy (non-hydrogen) atoms. The van der Waals surface area contributed by atoms with Crippen LogP contribution >= 0.6 is 0 Å². The van der Waals surface area contributed by atoms with Crippen molar-refractivity contribution in [2.24, 2.45) is 0 Å². The highest BCUT2D eigenvalue weighted by atomic mass is 28.3. The van der Waals surface area contributed by atoms with Crippen LogP contribution < -0.4 is 5.32 Å². The number of ether oxygens (including phenoxy) is 2. The lowest BCUT2D eigenvalue weighted by Gasteiger charge is -2.39. The maximum atomic E-state index is 10.8. The smallest absolute Gasteiger partial charge is 0.404 e. The molecule has 7 heteroatoms. The molecule has 6 nitrogen and oxygen atoms in total. The van der Waals surface area contributed by atoms with E-state index in [-0.39, 0.29) is 13.4 Å². The van der Waals surface area contributed by atoms with E-state index in [2.05, 4.69) is 25.0 Å². The number of carboxylic acid groups (broad SMARTS) is 1. The fourth-order valence-electron chi connectivity index (χ4n) is 2.26. The van der Waals surface area contributed by atoms with E-state index >= 15 is 0 Å². The van der Waals surface area contributed by atoms with E-state index in [1.807, 2.05) is 0 Å². The summed E-state index contributed by atoms with van der Waals surface area (Å²) in [6.45, 7) is 7.91. The van der Waals surface area contributed by atoms with Gasteiger partial charge in [-0.2, -0.15) is 0 Å². The molecule has 0 bridgehead atoms. The van der Waals surface area contributed by atoms with Crippen LogP contribution in [-0.2, 0) is 9.47 Å². The standard InChI is InChI=1S/C14H29NO5Si/c1-21(2,3)8-7-19-11-20-10-12(15-13(16)17)9-14(18)5-4-6-14/h12,15,18H,4-11H2,1-3H3,(H,16,17)/t12-/m1/s1. The minimum Gasteiger partial charge on any atom is -0.465 e. The number of carbonyl (C=O) groups is 1. The zero-order chi connectivity index (χ0) is 15.9. The van der Waals surface area contributed by atoms with Crippen molar-refractivity contribution in [1.82, 2.24) is 5.32 Å². The Morgan fingerprint density at radius 1 is 1.33 bits per heavy atom. The number of nitrogens with one attached hydrogen (secondary N) is 1. The summed E-state index contributed by atoms with van der Waals surface area (Å²) in [7, 11) is -1.09. The quantitative estimate of drug-likeness (QED) is 0.326. The second-order valence-corrected chi connectivity index (χ2v) is 12.8. The van der Waals surface area contributed by atoms with E-state index in [1.165, 1.54) is 0 Å². The molecule has 0 aromatic carbocycles. The summed E-state index contributed by atoms with van der Waals surface area (Å²) in [6, 6.07) is 0.681. The van der Waals surface area contributed by atoms with Crippen LogP contribution in [0, 0.1) is 0 Å². The summed E-state index contributed by atoms with van der Waals surface area (Å²) < 4.78 is 10.8. The van der Waals surface area contributed by atoms with Crippen molar-refractivity contribution in [2.75, 3.05) is 20.0 Å². The first-order chi connectivity index (χ1) is 9.70. The molecule has 124 valence electrons. The van der Waals surface area contributed by atoms with Crippen LogP contribution in [-0.4, -0.2) is 56.0 Å². The van der Waals surface area contributed by atoms with E-state index in [4.69, 9.17) is 14.6 Å². The highest BCUT2D eigenvalue weighted by molar-refractivity contribution is 6.76. The first-order valence-electron chi connectivity index (χ1n) is 7.58. The molecule has 0 saturated heterocycles. The van der Waals surface area contributed by atoms with Crippen LogP contribution in [0.25, 0.3) is 0 Å². The van der Waals surface area contributed by atoms with E-state index in [9.17, 15) is 9.90 Å². The third-order valence-corrected chi connectivity index (χ3v) is 5.42. The number of amides is 1. The first-order valence-corrected chi connectivity index (χ1v) is 11.3. The third-order valence-electron chi connectivity index (χ3n) is 3.72. The van der Waals surface area contributed by atoms with Crippen LogP contribution in [0.1, 0.15) is 25.7 Å². The number of aliphatic hydroxyl groups is 1. The Bertz CT molecular complexity index is 328. The molecule has 1 amide bonds. The van der Waals surface area contributed by atoms with E-state index in [0.29, 0.717) is 13.0 Å². The summed E-state index contributed by atoms with van der Waals surface area (Å²) in [5.41, 5.74) is -0.727. The molecule has 1 rings (SSSR count). The highest BCUT2D eigenvalue weighted by Gasteiger charge is 2.37. The highest BCUT2D eigenvalue weighted by Crippen LogP contribution is 2.35. The van der Waals surface area contributed by atoms with Crippen LogP contribution in [0.3, 0.4) is 0 Å². The van der Waals surface area contributed by atoms with E-state index in [0.717, 1.165) is 25.3 Å². The van der Waals surface area contributed by atoms with Crippen molar-refractivity contribution in [1.29, 1.82) is 0 Å². The van der Waals surface area contributed by atoms with Gasteiger partial charge in [-0.05, 0) is 31.7 Å². The third kappa shape index (κ3) is 8.40. The molecule has 0 aromatic rings. The minimum atomic E-state index is -1.09. The van der Waals surface area contributed by atoms with Crippen molar-refractivity contribution in [2.45, 2.75) is 63.0 Å². The van der Waals surface area contributed by atoms with Gasteiger partial charge in [0.1, 0.15) is 6.79 Å². The lowest BCUT2D eigenvalue weighted by Crippen LogP contribution is -2.47. The Morgan fingerprint density at radius 3 is 2.48 bits per heavy atom. The normalized spacial score (nSPS) is 18.9. The van der Waals surface area contributed by atoms with Crippen LogP contribution in [0.2, 0.25) is 25.7 Å². The van der Waals surface area contributed by atoms with Crippen molar-refractivity contribution < 1.29 is 24.5 Å². The van der Waals surface area contributed by atoms with Crippen LogP contribution in [0.5, 0.6) is 0 Å². The molecule has 1 aliphatic rings. The summed E-state index contributed by atoms with van der Waals surface area (Å²) >= 11 is 0. The molecule has 0 radical (unpaired) electrons. The molecular weight excluding hydrogens is 290 g/mol. The van der Waals surface area contributed by atoms with Crippen molar-refractivity contribution in [3.63, 3.8) is 0 Å². The number of hydrogen-bond acceptors (Lipinski definition) is 4. The summed E-state index contributed by atoms with van der Waals surface area (Å²) in [5.74, 6) is 0. The second kappa shape index (κ2) is 8.12. The fraction of sp³-hybridized carbons (Fsp3) is 0.929. The lowest BCUT2D eigenvalue weighted by atomic mass is 9.76.